The molecule has 2 nitrogen and oxygen atoms in total. The van der Waals surface area contributed by atoms with Crippen LogP contribution in [0.1, 0.15) is 58.3 Å². The van der Waals surface area contributed by atoms with Crippen LogP contribution in [0.5, 0.6) is 0 Å². The summed E-state index contributed by atoms with van der Waals surface area (Å²) in [6, 6.07) is 6.28. The molecule has 0 amide bonds. The average Bonchev–Trinajstić information content (AvgIpc) is 2.34. The molecule has 0 aliphatic carbocycles. The molecule has 106 valence electrons. The monoisotopic (exact) mass is 317 g/mol. The summed E-state index contributed by atoms with van der Waals surface area (Å²) in [6.45, 7) is 3.45. The summed E-state index contributed by atoms with van der Waals surface area (Å²) in [7, 11) is 0. The maximum absolute atomic E-state index is 2.27. The number of hydrogen-bond donors (Lipinski definition) is 0. The van der Waals surface area contributed by atoms with E-state index in [1.54, 1.807) is 0 Å². The summed E-state index contributed by atoms with van der Waals surface area (Å²) in [5, 5.41) is 0. The van der Waals surface area contributed by atoms with E-state index in [1.165, 1.54) is 57.9 Å². The van der Waals surface area contributed by atoms with Crippen molar-refractivity contribution in [3.8, 4) is 0 Å². The van der Waals surface area contributed by atoms with E-state index in [4.69, 9.17) is 0 Å². The fourth-order valence-electron chi connectivity index (χ4n) is 2.01. The summed E-state index contributed by atoms with van der Waals surface area (Å²) in [5.74, 6) is 0. The van der Waals surface area contributed by atoms with E-state index in [0.29, 0.717) is 0 Å². The third-order valence-corrected chi connectivity index (χ3v) is 3.05. The molecule has 0 atom stereocenters. The van der Waals surface area contributed by atoms with E-state index >= 15 is 0 Å². The number of aryl methyl sites for hydroxylation is 1. The number of aromatic nitrogens is 1. The number of nitrogens with zero attached hydrogens (tertiary/aromatic N) is 1. The number of halogens is 1. The topological polar surface area (TPSA) is 35.4 Å². The van der Waals surface area contributed by atoms with Crippen molar-refractivity contribution in [2.24, 2.45) is 0 Å². The van der Waals surface area contributed by atoms with Crippen molar-refractivity contribution in [2.45, 2.75) is 64.8 Å². The van der Waals surface area contributed by atoms with Gasteiger partial charge in [-0.2, -0.15) is 0 Å². The molecule has 1 aromatic rings. The van der Waals surface area contributed by atoms with Crippen LogP contribution in [-0.4, -0.2) is 5.48 Å². The lowest BCUT2D eigenvalue weighted by Crippen LogP contribution is -3.00. The van der Waals surface area contributed by atoms with Crippen LogP contribution in [0.2, 0.25) is 0 Å². The maximum Gasteiger partial charge on any atom is 0.168 e. The Bertz CT molecular complexity index is 254. The second-order valence-electron chi connectivity index (χ2n) is 4.59. The third-order valence-electron chi connectivity index (χ3n) is 3.05. The van der Waals surface area contributed by atoms with Crippen LogP contribution in [0, 0.1) is 0 Å². The molecule has 0 saturated carbocycles. The Labute approximate surface area is 123 Å². The molecule has 1 rings (SSSR count). The fourth-order valence-corrected chi connectivity index (χ4v) is 2.01. The highest BCUT2D eigenvalue weighted by atomic mass is 79.9. The molecule has 18 heavy (non-hydrogen) atoms. The fraction of sp³-hybridized carbons (Fsp3) is 0.667. The number of unbranched alkanes of at least 4 members (excludes halogenated alkanes) is 7. The van der Waals surface area contributed by atoms with Crippen LogP contribution < -0.4 is 21.5 Å². The van der Waals surface area contributed by atoms with E-state index in [2.05, 4.69) is 42.1 Å². The van der Waals surface area contributed by atoms with Crippen LogP contribution in [-0.2, 0) is 6.54 Å². The van der Waals surface area contributed by atoms with Gasteiger partial charge in [0.15, 0.2) is 12.4 Å². The van der Waals surface area contributed by atoms with Gasteiger partial charge in [-0.05, 0) is 6.42 Å². The molecule has 3 heteroatoms. The van der Waals surface area contributed by atoms with E-state index in [-0.39, 0.29) is 22.5 Å². The molecule has 0 spiro atoms. The third kappa shape index (κ3) is 10.7. The van der Waals surface area contributed by atoms with Crippen molar-refractivity contribution >= 4 is 0 Å². The standard InChI is InChI=1S/C15H26N.BrH.H2O/c1-2-3-4-5-6-7-8-10-13-16-14-11-9-12-15-16;;/h9,11-12,14-15H,2-8,10,13H2,1H3;1H;1H2/q+1;;/p-1. The van der Waals surface area contributed by atoms with Crippen molar-refractivity contribution in [1.29, 1.82) is 0 Å². The largest absolute Gasteiger partial charge is 1.00 e. The van der Waals surface area contributed by atoms with E-state index in [9.17, 15) is 0 Å². The lowest BCUT2D eigenvalue weighted by Gasteiger charge is -2.00. The van der Waals surface area contributed by atoms with Gasteiger partial charge in [0.1, 0.15) is 6.54 Å². The first kappa shape index (κ1) is 19.9. The molecule has 0 bridgehead atoms. The zero-order valence-electron chi connectivity index (χ0n) is 11.6. The average molecular weight is 318 g/mol. The predicted octanol–water partition coefficient (Wildman–Crippen LogP) is 0.294. The summed E-state index contributed by atoms with van der Waals surface area (Å²) >= 11 is 0. The quantitative estimate of drug-likeness (QED) is 0.464. The van der Waals surface area contributed by atoms with Gasteiger partial charge < -0.3 is 22.5 Å². The number of hydrogen-bond acceptors (Lipinski definition) is 0. The molecule has 0 aliphatic heterocycles. The Hall–Kier alpha value is -0.410. The lowest BCUT2D eigenvalue weighted by atomic mass is 10.1. The summed E-state index contributed by atoms with van der Waals surface area (Å²) in [4.78, 5) is 0. The molecule has 1 heterocycles. The predicted molar refractivity (Wildman–Crippen MR) is 72.9 cm³/mol. The first-order valence-electron chi connectivity index (χ1n) is 6.87. The molecule has 0 aromatic carbocycles. The minimum absolute atomic E-state index is 0. The van der Waals surface area contributed by atoms with Gasteiger partial charge in [-0.1, -0.05) is 51.5 Å². The van der Waals surface area contributed by atoms with Crippen LogP contribution in [0.3, 0.4) is 0 Å². The van der Waals surface area contributed by atoms with Crippen molar-refractivity contribution in [1.82, 2.24) is 0 Å². The second kappa shape index (κ2) is 14.7. The normalized spacial score (nSPS) is 9.39. The summed E-state index contributed by atoms with van der Waals surface area (Å²) < 4.78 is 2.27. The van der Waals surface area contributed by atoms with Crippen molar-refractivity contribution in [2.75, 3.05) is 0 Å². The van der Waals surface area contributed by atoms with Gasteiger partial charge >= 0.3 is 0 Å². The number of rotatable bonds is 9. The Balaban J connectivity index is 0. The highest BCUT2D eigenvalue weighted by Crippen LogP contribution is 2.08. The lowest BCUT2D eigenvalue weighted by molar-refractivity contribution is -0.697. The molecule has 2 N–H and O–H groups in total. The number of pyridine rings is 1. The Morgan fingerprint density at radius 3 is 1.78 bits per heavy atom. The molecule has 0 fully saturated rings. The van der Waals surface area contributed by atoms with Crippen LogP contribution >= 0.6 is 0 Å². The van der Waals surface area contributed by atoms with E-state index in [1.807, 2.05) is 0 Å². The van der Waals surface area contributed by atoms with Crippen LogP contribution in [0.25, 0.3) is 0 Å². The van der Waals surface area contributed by atoms with Gasteiger partial charge in [0, 0.05) is 18.6 Å². The molecular formula is C15H28BrNO. The van der Waals surface area contributed by atoms with Gasteiger partial charge in [0.25, 0.3) is 0 Å². The van der Waals surface area contributed by atoms with Crippen LogP contribution in [0.4, 0.5) is 0 Å². The van der Waals surface area contributed by atoms with Crippen molar-refractivity contribution in [3.63, 3.8) is 0 Å². The molecule has 0 radical (unpaired) electrons. The highest BCUT2D eigenvalue weighted by molar-refractivity contribution is 4.83. The van der Waals surface area contributed by atoms with Gasteiger partial charge in [-0.15, -0.1) is 0 Å². The van der Waals surface area contributed by atoms with Gasteiger partial charge in [0.2, 0.25) is 0 Å². The van der Waals surface area contributed by atoms with Gasteiger partial charge in [-0.3, -0.25) is 0 Å². The van der Waals surface area contributed by atoms with Crippen LogP contribution in [0.15, 0.2) is 30.6 Å². The van der Waals surface area contributed by atoms with Gasteiger partial charge in [0.05, 0.1) is 0 Å². The van der Waals surface area contributed by atoms with E-state index in [0.717, 1.165) is 0 Å². The molecule has 0 aliphatic rings. The first-order valence-corrected chi connectivity index (χ1v) is 6.87. The minimum atomic E-state index is 0. The first-order chi connectivity index (χ1) is 7.93. The maximum atomic E-state index is 2.27. The Morgan fingerprint density at radius 1 is 0.722 bits per heavy atom. The summed E-state index contributed by atoms with van der Waals surface area (Å²) in [6.07, 6.45) is 15.5. The van der Waals surface area contributed by atoms with Crippen molar-refractivity contribution in [3.05, 3.63) is 30.6 Å². The molecule has 1 aromatic heterocycles. The second-order valence-corrected chi connectivity index (χ2v) is 4.59. The highest BCUT2D eigenvalue weighted by Gasteiger charge is 1.97. The van der Waals surface area contributed by atoms with E-state index < -0.39 is 0 Å². The SMILES string of the molecule is CCCCCCCCCC[n+]1ccccc1.O.[Br-]. The molecule has 0 saturated heterocycles. The molecule has 0 unspecified atom stereocenters. The zero-order valence-corrected chi connectivity index (χ0v) is 13.2. The summed E-state index contributed by atoms with van der Waals surface area (Å²) in [5.41, 5.74) is 0. The Kier molecular flexibility index (Phi) is 16.2. The zero-order chi connectivity index (χ0) is 11.5. The molecular weight excluding hydrogens is 290 g/mol. The smallest absolute Gasteiger partial charge is 0.168 e. The Morgan fingerprint density at radius 2 is 1.22 bits per heavy atom. The minimum Gasteiger partial charge on any atom is -1.00 e. The van der Waals surface area contributed by atoms with Crippen molar-refractivity contribution < 1.29 is 27.0 Å². The van der Waals surface area contributed by atoms with Gasteiger partial charge in [-0.25, -0.2) is 4.57 Å².